The van der Waals surface area contributed by atoms with E-state index in [1.54, 1.807) is 0 Å². The van der Waals surface area contributed by atoms with Crippen LogP contribution in [0.2, 0.25) is 0 Å². The molecule has 14 heavy (non-hydrogen) atoms. The molecule has 1 atom stereocenters. The van der Waals surface area contributed by atoms with Gasteiger partial charge in [0.25, 0.3) is 0 Å². The van der Waals surface area contributed by atoms with Gasteiger partial charge in [-0.1, -0.05) is 13.3 Å². The minimum atomic E-state index is -0.405. The molecule has 0 aromatic heterocycles. The normalized spacial score (nSPS) is 18.7. The summed E-state index contributed by atoms with van der Waals surface area (Å²) in [6, 6.07) is 2.11. The lowest BCUT2D eigenvalue weighted by Crippen LogP contribution is -2.39. The Balaban J connectivity index is 2.48. The third-order valence-electron chi connectivity index (χ3n) is 2.70. The van der Waals surface area contributed by atoms with Gasteiger partial charge in [0.05, 0.1) is 6.07 Å². The van der Waals surface area contributed by atoms with Crippen molar-refractivity contribution in [3.63, 3.8) is 0 Å². The molecule has 0 saturated carbocycles. The zero-order valence-electron chi connectivity index (χ0n) is 8.83. The van der Waals surface area contributed by atoms with Crippen molar-refractivity contribution in [2.75, 3.05) is 13.1 Å². The summed E-state index contributed by atoms with van der Waals surface area (Å²) >= 11 is 0. The summed E-state index contributed by atoms with van der Waals surface area (Å²) < 4.78 is 0. The zero-order chi connectivity index (χ0) is 10.4. The summed E-state index contributed by atoms with van der Waals surface area (Å²) in [7, 11) is 0. The maximum Gasteiger partial charge on any atom is 0.239 e. The molecule has 1 rings (SSSR count). The van der Waals surface area contributed by atoms with Crippen LogP contribution in [0.4, 0.5) is 0 Å². The molecular weight excluding hydrogens is 176 g/mol. The molecule has 1 heterocycles. The van der Waals surface area contributed by atoms with Gasteiger partial charge in [0.2, 0.25) is 5.91 Å². The molecule has 0 bridgehead atoms. The Morgan fingerprint density at radius 1 is 1.43 bits per heavy atom. The van der Waals surface area contributed by atoms with Gasteiger partial charge in [0.15, 0.2) is 0 Å². The smallest absolute Gasteiger partial charge is 0.239 e. The second-order valence-corrected chi connectivity index (χ2v) is 3.86. The third kappa shape index (κ3) is 2.73. The summed E-state index contributed by atoms with van der Waals surface area (Å²) in [5.74, 6) is -0.354. The van der Waals surface area contributed by atoms with Gasteiger partial charge < -0.3 is 4.90 Å². The van der Waals surface area contributed by atoms with Crippen LogP contribution in [0, 0.1) is 17.2 Å². The van der Waals surface area contributed by atoms with Gasteiger partial charge in [-0.3, -0.25) is 4.79 Å². The number of nitrogens with zero attached hydrogens (tertiary/aromatic N) is 2. The van der Waals surface area contributed by atoms with Crippen LogP contribution in [0.1, 0.15) is 39.0 Å². The lowest BCUT2D eigenvalue weighted by atomic mass is 10.0. The number of carbonyl (C=O) groups is 1. The Morgan fingerprint density at radius 3 is 2.57 bits per heavy atom. The molecule has 0 aromatic rings. The molecule has 3 nitrogen and oxygen atoms in total. The summed E-state index contributed by atoms with van der Waals surface area (Å²) in [5.41, 5.74) is 0. The zero-order valence-corrected chi connectivity index (χ0v) is 8.83. The third-order valence-corrected chi connectivity index (χ3v) is 2.70. The van der Waals surface area contributed by atoms with Crippen LogP contribution in [0.3, 0.4) is 0 Å². The summed E-state index contributed by atoms with van der Waals surface area (Å²) in [4.78, 5) is 13.7. The van der Waals surface area contributed by atoms with Crippen molar-refractivity contribution in [3.05, 3.63) is 0 Å². The highest BCUT2D eigenvalue weighted by atomic mass is 16.2. The second kappa shape index (κ2) is 5.64. The van der Waals surface area contributed by atoms with Crippen LogP contribution < -0.4 is 0 Å². The predicted molar refractivity (Wildman–Crippen MR) is 54.4 cm³/mol. The molecule has 1 aliphatic heterocycles. The maximum absolute atomic E-state index is 11.8. The van der Waals surface area contributed by atoms with E-state index in [0.717, 1.165) is 32.4 Å². The van der Waals surface area contributed by atoms with Crippen LogP contribution in [-0.4, -0.2) is 23.9 Å². The topological polar surface area (TPSA) is 44.1 Å². The summed E-state index contributed by atoms with van der Waals surface area (Å²) in [5, 5.41) is 8.86. The quantitative estimate of drug-likeness (QED) is 0.689. The predicted octanol–water partition coefficient (Wildman–Crippen LogP) is 1.94. The first-order valence-corrected chi connectivity index (χ1v) is 5.48. The van der Waals surface area contributed by atoms with E-state index < -0.39 is 5.92 Å². The van der Waals surface area contributed by atoms with Crippen molar-refractivity contribution in [2.45, 2.75) is 39.0 Å². The fraction of sp³-hybridized carbons (Fsp3) is 0.818. The van der Waals surface area contributed by atoms with Crippen LogP contribution >= 0.6 is 0 Å². The Hall–Kier alpha value is -1.04. The van der Waals surface area contributed by atoms with E-state index in [1.807, 2.05) is 11.8 Å². The highest BCUT2D eigenvalue weighted by molar-refractivity contribution is 5.81. The molecule has 0 radical (unpaired) electrons. The SMILES string of the molecule is CCCC(C#N)C(=O)N1CCCCC1. The van der Waals surface area contributed by atoms with Crippen molar-refractivity contribution in [1.29, 1.82) is 5.26 Å². The van der Waals surface area contributed by atoms with E-state index in [0.29, 0.717) is 6.42 Å². The molecular formula is C11H18N2O. The van der Waals surface area contributed by atoms with Gasteiger partial charge in [-0.2, -0.15) is 5.26 Å². The summed E-state index contributed by atoms with van der Waals surface area (Å²) in [6.07, 6.45) is 5.00. The monoisotopic (exact) mass is 194 g/mol. The number of amides is 1. The first-order valence-electron chi connectivity index (χ1n) is 5.48. The Morgan fingerprint density at radius 2 is 2.07 bits per heavy atom. The van der Waals surface area contributed by atoms with Crippen molar-refractivity contribution in [1.82, 2.24) is 4.90 Å². The molecule has 78 valence electrons. The second-order valence-electron chi connectivity index (χ2n) is 3.86. The maximum atomic E-state index is 11.8. The van der Waals surface area contributed by atoms with E-state index in [2.05, 4.69) is 6.07 Å². The lowest BCUT2D eigenvalue weighted by molar-refractivity contribution is -0.134. The van der Waals surface area contributed by atoms with Crippen molar-refractivity contribution in [3.8, 4) is 6.07 Å². The average molecular weight is 194 g/mol. The summed E-state index contributed by atoms with van der Waals surface area (Å²) in [6.45, 7) is 3.70. The van der Waals surface area contributed by atoms with E-state index in [4.69, 9.17) is 5.26 Å². The molecule has 1 saturated heterocycles. The van der Waals surface area contributed by atoms with Crippen LogP contribution in [0.25, 0.3) is 0 Å². The molecule has 1 fully saturated rings. The number of hydrogen-bond donors (Lipinski definition) is 0. The number of likely N-dealkylation sites (tertiary alicyclic amines) is 1. The fourth-order valence-corrected chi connectivity index (χ4v) is 1.87. The first-order chi connectivity index (χ1) is 6.79. The number of hydrogen-bond acceptors (Lipinski definition) is 2. The molecule has 0 N–H and O–H groups in total. The molecule has 1 aliphatic rings. The number of rotatable bonds is 3. The average Bonchev–Trinajstić information content (AvgIpc) is 2.26. The van der Waals surface area contributed by atoms with E-state index >= 15 is 0 Å². The van der Waals surface area contributed by atoms with Crippen molar-refractivity contribution in [2.24, 2.45) is 5.92 Å². The Kier molecular flexibility index (Phi) is 4.45. The van der Waals surface area contributed by atoms with Gasteiger partial charge in [-0.15, -0.1) is 0 Å². The lowest BCUT2D eigenvalue weighted by Gasteiger charge is -2.28. The minimum absolute atomic E-state index is 0.0500. The van der Waals surface area contributed by atoms with E-state index in [1.165, 1.54) is 6.42 Å². The Bertz CT molecular complexity index is 226. The Labute approximate surface area is 85.7 Å². The number of nitriles is 1. The molecule has 0 spiro atoms. The minimum Gasteiger partial charge on any atom is -0.342 e. The van der Waals surface area contributed by atoms with E-state index in [9.17, 15) is 4.79 Å². The fourth-order valence-electron chi connectivity index (χ4n) is 1.87. The van der Waals surface area contributed by atoms with Gasteiger partial charge >= 0.3 is 0 Å². The standard InChI is InChI=1S/C11H18N2O/c1-2-6-10(9-12)11(14)13-7-4-3-5-8-13/h10H,2-8H2,1H3. The van der Waals surface area contributed by atoms with Gasteiger partial charge in [0, 0.05) is 13.1 Å². The van der Waals surface area contributed by atoms with Crippen LogP contribution in [-0.2, 0) is 4.79 Å². The highest BCUT2D eigenvalue weighted by Gasteiger charge is 2.24. The van der Waals surface area contributed by atoms with Crippen molar-refractivity contribution < 1.29 is 4.79 Å². The van der Waals surface area contributed by atoms with Gasteiger partial charge in [-0.05, 0) is 25.7 Å². The largest absolute Gasteiger partial charge is 0.342 e. The number of piperidine rings is 1. The van der Waals surface area contributed by atoms with Crippen LogP contribution in [0.5, 0.6) is 0 Å². The molecule has 3 heteroatoms. The molecule has 0 aromatic carbocycles. The van der Waals surface area contributed by atoms with Gasteiger partial charge in [-0.25, -0.2) is 0 Å². The van der Waals surface area contributed by atoms with Crippen molar-refractivity contribution >= 4 is 5.91 Å². The molecule has 1 unspecified atom stereocenters. The first kappa shape index (κ1) is 11.0. The van der Waals surface area contributed by atoms with Gasteiger partial charge in [0.1, 0.15) is 5.92 Å². The molecule has 0 aliphatic carbocycles. The molecule has 1 amide bonds. The number of carbonyl (C=O) groups excluding carboxylic acids is 1. The van der Waals surface area contributed by atoms with Crippen LogP contribution in [0.15, 0.2) is 0 Å². The highest BCUT2D eigenvalue weighted by Crippen LogP contribution is 2.15. The van der Waals surface area contributed by atoms with E-state index in [-0.39, 0.29) is 5.91 Å².